The van der Waals surface area contributed by atoms with Crippen LogP contribution in [0.5, 0.6) is 0 Å². The van der Waals surface area contributed by atoms with Crippen LogP contribution in [0.4, 0.5) is 0 Å². The van der Waals surface area contributed by atoms with Crippen molar-refractivity contribution in [2.75, 3.05) is 0 Å². The molecule has 1 nitrogen and oxygen atoms in total. The molecule has 0 aliphatic rings. The van der Waals surface area contributed by atoms with Crippen molar-refractivity contribution in [3.8, 4) is 0 Å². The van der Waals surface area contributed by atoms with E-state index in [1.807, 2.05) is 0 Å². The highest BCUT2D eigenvalue weighted by Crippen LogP contribution is 2.27. The van der Waals surface area contributed by atoms with Gasteiger partial charge in [-0.3, -0.25) is 0 Å². The van der Waals surface area contributed by atoms with E-state index in [1.165, 1.54) is 19.3 Å². The molecule has 0 spiro atoms. The van der Waals surface area contributed by atoms with Crippen molar-refractivity contribution < 1.29 is 5.11 Å². The van der Waals surface area contributed by atoms with Crippen LogP contribution in [-0.4, -0.2) is 16.0 Å². The molecular weight excluding hydrogens is 204 g/mol. The Morgan fingerprint density at radius 2 is 1.73 bits per heavy atom. The van der Waals surface area contributed by atoms with Gasteiger partial charge in [0.15, 0.2) is 0 Å². The topological polar surface area (TPSA) is 20.2 Å². The van der Waals surface area contributed by atoms with Gasteiger partial charge in [-0.15, -0.1) is 0 Å². The summed E-state index contributed by atoms with van der Waals surface area (Å²) in [6.45, 7) is 6.56. The van der Waals surface area contributed by atoms with Gasteiger partial charge in [0, 0.05) is 4.75 Å². The van der Waals surface area contributed by atoms with Gasteiger partial charge in [-0.25, -0.2) is 0 Å². The molecule has 0 bridgehead atoms. The van der Waals surface area contributed by atoms with Crippen molar-refractivity contribution in [1.82, 2.24) is 0 Å². The summed E-state index contributed by atoms with van der Waals surface area (Å²) < 4.78 is 0.112. The minimum absolute atomic E-state index is 0.111. The Labute approximate surface area is 101 Å². The van der Waals surface area contributed by atoms with Gasteiger partial charge in [0.25, 0.3) is 0 Å². The fourth-order valence-corrected chi connectivity index (χ4v) is 2.27. The maximum absolute atomic E-state index is 9.77. The summed E-state index contributed by atoms with van der Waals surface area (Å²) >= 11 is 4.64. The third-order valence-electron chi connectivity index (χ3n) is 2.95. The summed E-state index contributed by atoms with van der Waals surface area (Å²) in [4.78, 5) is 0. The zero-order valence-corrected chi connectivity index (χ0v) is 11.5. The van der Waals surface area contributed by atoms with Crippen LogP contribution < -0.4 is 0 Å². The smallest absolute Gasteiger partial charge is 0.0540 e. The molecule has 2 heteroatoms. The maximum Gasteiger partial charge on any atom is 0.0540 e. The molecule has 0 aliphatic heterocycles. The maximum atomic E-state index is 9.77. The van der Waals surface area contributed by atoms with Crippen molar-refractivity contribution >= 4 is 12.6 Å². The zero-order chi connectivity index (χ0) is 11.7. The Balaban J connectivity index is 3.55. The Kier molecular flexibility index (Phi) is 8.64. The normalized spacial score (nSPS) is 17.4. The van der Waals surface area contributed by atoms with E-state index < -0.39 is 0 Å². The second-order valence-corrected chi connectivity index (χ2v) is 6.01. The highest BCUT2D eigenvalue weighted by Gasteiger charge is 2.19. The molecule has 0 saturated heterocycles. The predicted molar refractivity (Wildman–Crippen MR) is 71.7 cm³/mol. The zero-order valence-electron chi connectivity index (χ0n) is 10.6. The average Bonchev–Trinajstić information content (AvgIpc) is 2.15. The lowest BCUT2D eigenvalue weighted by molar-refractivity contribution is 0.144. The monoisotopic (exact) mass is 232 g/mol. The van der Waals surface area contributed by atoms with Gasteiger partial charge < -0.3 is 5.11 Å². The number of rotatable bonds is 9. The largest absolute Gasteiger partial charge is 0.393 e. The molecular formula is C13H28OS. The highest BCUT2D eigenvalue weighted by atomic mass is 32.1. The van der Waals surface area contributed by atoms with E-state index in [1.54, 1.807) is 0 Å². The van der Waals surface area contributed by atoms with E-state index in [4.69, 9.17) is 0 Å². The van der Waals surface area contributed by atoms with Crippen molar-refractivity contribution in [1.29, 1.82) is 0 Å². The molecule has 0 heterocycles. The Morgan fingerprint density at radius 1 is 1.07 bits per heavy atom. The summed E-state index contributed by atoms with van der Waals surface area (Å²) in [5, 5.41) is 9.77. The second kappa shape index (κ2) is 8.46. The van der Waals surface area contributed by atoms with Crippen LogP contribution in [0.2, 0.25) is 0 Å². The SMILES string of the molecule is CCCCCC(O)CCC(C)(S)CCC. The summed E-state index contributed by atoms with van der Waals surface area (Å²) in [5.41, 5.74) is 0. The second-order valence-electron chi connectivity index (χ2n) is 4.94. The van der Waals surface area contributed by atoms with E-state index >= 15 is 0 Å². The van der Waals surface area contributed by atoms with Gasteiger partial charge in [0.05, 0.1) is 6.10 Å². The molecule has 0 aliphatic carbocycles. The first kappa shape index (κ1) is 15.3. The first-order chi connectivity index (χ1) is 7.02. The van der Waals surface area contributed by atoms with E-state index in [-0.39, 0.29) is 10.9 Å². The molecule has 0 rings (SSSR count). The summed E-state index contributed by atoms with van der Waals surface area (Å²) in [6.07, 6.45) is 8.72. The molecule has 0 fully saturated rings. The highest BCUT2D eigenvalue weighted by molar-refractivity contribution is 7.81. The fraction of sp³-hybridized carbons (Fsp3) is 1.00. The Bertz CT molecular complexity index is 145. The van der Waals surface area contributed by atoms with Crippen LogP contribution in [-0.2, 0) is 0 Å². The number of unbranched alkanes of at least 4 members (excludes halogenated alkanes) is 2. The number of hydrogen-bond acceptors (Lipinski definition) is 2. The van der Waals surface area contributed by atoms with E-state index in [0.29, 0.717) is 0 Å². The van der Waals surface area contributed by atoms with Crippen LogP contribution in [0.1, 0.15) is 72.1 Å². The minimum Gasteiger partial charge on any atom is -0.393 e. The minimum atomic E-state index is -0.111. The van der Waals surface area contributed by atoms with Crippen molar-refractivity contribution in [2.45, 2.75) is 83.0 Å². The number of thiol groups is 1. The molecule has 0 radical (unpaired) electrons. The Morgan fingerprint density at radius 3 is 2.27 bits per heavy atom. The van der Waals surface area contributed by atoms with Gasteiger partial charge in [-0.2, -0.15) is 12.6 Å². The molecule has 15 heavy (non-hydrogen) atoms. The fourth-order valence-electron chi connectivity index (χ4n) is 1.92. The molecule has 1 N–H and O–H groups in total. The van der Waals surface area contributed by atoms with Crippen LogP contribution >= 0.6 is 12.6 Å². The van der Waals surface area contributed by atoms with Crippen LogP contribution in [0, 0.1) is 0 Å². The van der Waals surface area contributed by atoms with Gasteiger partial charge in [-0.1, -0.05) is 46.5 Å². The van der Waals surface area contributed by atoms with Gasteiger partial charge in [-0.05, 0) is 25.7 Å². The van der Waals surface area contributed by atoms with E-state index in [0.717, 1.165) is 32.1 Å². The quantitative estimate of drug-likeness (QED) is 0.451. The number of aliphatic hydroxyl groups is 1. The lowest BCUT2D eigenvalue weighted by atomic mass is 9.95. The summed E-state index contributed by atoms with van der Waals surface area (Å²) in [6, 6.07) is 0. The first-order valence-corrected chi connectivity index (χ1v) is 6.87. The number of aliphatic hydroxyl groups excluding tert-OH is 1. The van der Waals surface area contributed by atoms with Crippen molar-refractivity contribution in [3.05, 3.63) is 0 Å². The average molecular weight is 232 g/mol. The summed E-state index contributed by atoms with van der Waals surface area (Å²) in [5.74, 6) is 0. The van der Waals surface area contributed by atoms with Gasteiger partial charge in [0.2, 0.25) is 0 Å². The van der Waals surface area contributed by atoms with Gasteiger partial charge >= 0.3 is 0 Å². The molecule has 0 saturated carbocycles. The van der Waals surface area contributed by atoms with E-state index in [2.05, 4.69) is 33.4 Å². The lowest BCUT2D eigenvalue weighted by Crippen LogP contribution is -2.19. The van der Waals surface area contributed by atoms with Crippen molar-refractivity contribution in [2.24, 2.45) is 0 Å². The first-order valence-electron chi connectivity index (χ1n) is 6.42. The Hall–Kier alpha value is 0.310. The van der Waals surface area contributed by atoms with Crippen molar-refractivity contribution in [3.63, 3.8) is 0 Å². The molecule has 2 unspecified atom stereocenters. The number of hydrogen-bond donors (Lipinski definition) is 2. The van der Waals surface area contributed by atoms with Crippen LogP contribution in [0.25, 0.3) is 0 Å². The summed E-state index contributed by atoms with van der Waals surface area (Å²) in [7, 11) is 0. The van der Waals surface area contributed by atoms with Gasteiger partial charge in [0.1, 0.15) is 0 Å². The molecule has 0 amide bonds. The molecule has 92 valence electrons. The van der Waals surface area contributed by atoms with Crippen LogP contribution in [0.15, 0.2) is 0 Å². The lowest BCUT2D eigenvalue weighted by Gasteiger charge is -2.24. The molecule has 0 aromatic rings. The molecule has 0 aromatic heterocycles. The molecule has 2 atom stereocenters. The van der Waals surface area contributed by atoms with E-state index in [9.17, 15) is 5.11 Å². The predicted octanol–water partition coefficient (Wildman–Crippen LogP) is 4.20. The third-order valence-corrected chi connectivity index (χ3v) is 3.39. The molecule has 0 aromatic carbocycles. The standard InChI is InChI=1S/C13H28OS/c1-4-6-7-8-12(14)9-11-13(3,15)10-5-2/h12,14-15H,4-11H2,1-3H3. The third kappa shape index (κ3) is 9.25. The van der Waals surface area contributed by atoms with Crippen LogP contribution in [0.3, 0.4) is 0 Å².